The summed E-state index contributed by atoms with van der Waals surface area (Å²) in [5.41, 5.74) is 4.28. The van der Waals surface area contributed by atoms with Crippen LogP contribution in [0.4, 0.5) is 0 Å². The van der Waals surface area contributed by atoms with Crippen LogP contribution in [0.25, 0.3) is 6.08 Å². The monoisotopic (exact) mass is 222 g/mol. The lowest BCUT2D eigenvalue weighted by molar-refractivity contribution is 0.281. The Morgan fingerprint density at radius 2 is 2.27 bits per heavy atom. The summed E-state index contributed by atoms with van der Waals surface area (Å²) < 4.78 is 5.55. The Morgan fingerprint density at radius 3 is 3.00 bits per heavy atom. The van der Waals surface area contributed by atoms with Crippen molar-refractivity contribution in [2.24, 2.45) is 0 Å². The van der Waals surface area contributed by atoms with Gasteiger partial charge in [0.1, 0.15) is 12.4 Å². The van der Waals surface area contributed by atoms with Crippen molar-refractivity contribution < 1.29 is 9.84 Å². The Bertz CT molecular complexity index is 422. The lowest BCUT2D eigenvalue weighted by Crippen LogP contribution is -1.98. The predicted molar refractivity (Wildman–Crippen MR) is 60.8 cm³/mol. The zero-order valence-corrected chi connectivity index (χ0v) is 8.87. The quantitative estimate of drug-likeness (QED) is 0.792. The molecule has 1 N–H and O–H groups in total. The second-order valence-electron chi connectivity index (χ2n) is 3.34. The minimum atomic E-state index is 0.0410. The number of hydrogen-bond acceptors (Lipinski definition) is 2. The van der Waals surface area contributed by atoms with Crippen LogP contribution in [0.1, 0.15) is 11.1 Å². The molecule has 0 fully saturated rings. The van der Waals surface area contributed by atoms with Crippen LogP contribution < -0.4 is 4.74 Å². The molecule has 78 valence electrons. The predicted octanol–water partition coefficient (Wildman–Crippen LogP) is 2.71. The molecular formula is C12H11ClO2. The van der Waals surface area contributed by atoms with Gasteiger partial charge in [-0.25, -0.2) is 0 Å². The minimum Gasteiger partial charge on any atom is -0.488 e. The number of aliphatic hydroxyl groups is 1. The van der Waals surface area contributed by atoms with Crippen LogP contribution in [-0.4, -0.2) is 11.7 Å². The highest BCUT2D eigenvalue weighted by Crippen LogP contribution is 2.25. The maximum Gasteiger partial charge on any atom is 0.127 e. The Morgan fingerprint density at radius 1 is 1.40 bits per heavy atom. The molecule has 0 radical (unpaired) electrons. The highest BCUT2D eigenvalue weighted by molar-refractivity contribution is 6.25. The molecule has 1 aliphatic heterocycles. The van der Waals surface area contributed by atoms with Gasteiger partial charge in [-0.15, -0.1) is 0 Å². The average molecular weight is 223 g/mol. The first-order valence-corrected chi connectivity index (χ1v) is 5.11. The summed E-state index contributed by atoms with van der Waals surface area (Å²) in [7, 11) is 0. The van der Waals surface area contributed by atoms with E-state index < -0.39 is 0 Å². The Balaban J connectivity index is 2.38. The number of aliphatic hydroxyl groups excluding tert-OH is 1. The van der Waals surface area contributed by atoms with Gasteiger partial charge in [-0.2, -0.15) is 0 Å². The topological polar surface area (TPSA) is 29.5 Å². The smallest absolute Gasteiger partial charge is 0.127 e. The van der Waals surface area contributed by atoms with Gasteiger partial charge in [-0.05, 0) is 17.7 Å². The third-order valence-electron chi connectivity index (χ3n) is 2.27. The summed E-state index contributed by atoms with van der Waals surface area (Å²) in [6.45, 7) is 0.519. The molecule has 0 unspecified atom stereocenters. The summed E-state index contributed by atoms with van der Waals surface area (Å²) in [5, 5.41) is 9.01. The molecule has 3 heteroatoms. The van der Waals surface area contributed by atoms with Crippen LogP contribution in [0.3, 0.4) is 0 Å². The van der Waals surface area contributed by atoms with E-state index in [4.69, 9.17) is 21.4 Å². The molecular weight excluding hydrogens is 212 g/mol. The van der Waals surface area contributed by atoms with Crippen molar-refractivity contribution in [2.45, 2.75) is 6.61 Å². The largest absolute Gasteiger partial charge is 0.488 e. The van der Waals surface area contributed by atoms with Crippen molar-refractivity contribution in [3.63, 3.8) is 0 Å². The van der Waals surface area contributed by atoms with E-state index in [0.29, 0.717) is 6.61 Å². The second kappa shape index (κ2) is 4.51. The van der Waals surface area contributed by atoms with E-state index in [0.717, 1.165) is 22.4 Å². The third-order valence-corrected chi connectivity index (χ3v) is 2.55. The lowest BCUT2D eigenvalue weighted by Gasteiger charge is -2.07. The van der Waals surface area contributed by atoms with Crippen molar-refractivity contribution in [3.8, 4) is 5.75 Å². The van der Waals surface area contributed by atoms with Gasteiger partial charge in [0.25, 0.3) is 0 Å². The summed E-state index contributed by atoms with van der Waals surface area (Å²) >= 11 is 5.62. The van der Waals surface area contributed by atoms with Gasteiger partial charge in [0.2, 0.25) is 0 Å². The molecule has 0 saturated heterocycles. The molecule has 1 aromatic rings. The molecule has 0 aliphatic carbocycles. The number of fused-ring (bicyclic) bond motifs is 1. The summed E-state index contributed by atoms with van der Waals surface area (Å²) in [4.78, 5) is 0. The first-order chi connectivity index (χ1) is 7.33. The molecule has 1 aromatic carbocycles. The maximum absolute atomic E-state index is 9.01. The van der Waals surface area contributed by atoms with Crippen molar-refractivity contribution >= 4 is 17.7 Å². The molecule has 0 atom stereocenters. The summed E-state index contributed by atoms with van der Waals surface area (Å²) in [6, 6.07) is 5.62. The van der Waals surface area contributed by atoms with Crippen molar-refractivity contribution in [3.05, 3.63) is 46.5 Å². The van der Waals surface area contributed by atoms with E-state index in [-0.39, 0.29) is 6.61 Å². The summed E-state index contributed by atoms with van der Waals surface area (Å²) in [6.07, 6.45) is 3.86. The van der Waals surface area contributed by atoms with Crippen LogP contribution in [0, 0.1) is 0 Å². The van der Waals surface area contributed by atoms with Gasteiger partial charge in [0.15, 0.2) is 0 Å². The molecule has 0 bridgehead atoms. The van der Waals surface area contributed by atoms with E-state index in [2.05, 4.69) is 0 Å². The highest BCUT2D eigenvalue weighted by atomic mass is 35.5. The van der Waals surface area contributed by atoms with E-state index >= 15 is 0 Å². The molecule has 2 nitrogen and oxygen atoms in total. The van der Waals surface area contributed by atoms with Gasteiger partial charge >= 0.3 is 0 Å². The molecule has 15 heavy (non-hydrogen) atoms. The van der Waals surface area contributed by atoms with Crippen molar-refractivity contribution in [1.29, 1.82) is 0 Å². The molecule has 0 amide bonds. The average Bonchev–Trinajstić information content (AvgIpc) is 2.50. The molecule has 0 saturated carbocycles. The van der Waals surface area contributed by atoms with E-state index in [1.54, 1.807) is 0 Å². The Hall–Kier alpha value is -1.25. The van der Waals surface area contributed by atoms with Crippen LogP contribution in [0.15, 0.2) is 35.4 Å². The molecule has 1 aliphatic rings. The van der Waals surface area contributed by atoms with Gasteiger partial charge < -0.3 is 9.84 Å². The lowest BCUT2D eigenvalue weighted by atomic mass is 10.1. The van der Waals surface area contributed by atoms with E-state index in [1.165, 1.54) is 5.54 Å². The molecule has 1 heterocycles. The van der Waals surface area contributed by atoms with Crippen LogP contribution in [0.2, 0.25) is 0 Å². The van der Waals surface area contributed by atoms with Crippen LogP contribution in [-0.2, 0) is 6.61 Å². The van der Waals surface area contributed by atoms with Gasteiger partial charge in [0, 0.05) is 16.7 Å². The number of ether oxygens (including phenoxy) is 1. The third kappa shape index (κ3) is 2.22. The fraction of sp³-hybridized carbons (Fsp3) is 0.167. The molecule has 2 rings (SSSR count). The van der Waals surface area contributed by atoms with Crippen molar-refractivity contribution in [1.82, 2.24) is 0 Å². The SMILES string of the molecule is OCc1ccc2c(c1)C=C/C(=C\Cl)CO2. The minimum absolute atomic E-state index is 0.0410. The maximum atomic E-state index is 9.01. The van der Waals surface area contributed by atoms with E-state index in [9.17, 15) is 0 Å². The Kier molecular flexibility index (Phi) is 3.09. The van der Waals surface area contributed by atoms with Gasteiger partial charge in [-0.1, -0.05) is 29.8 Å². The summed E-state index contributed by atoms with van der Waals surface area (Å²) in [5.74, 6) is 0.817. The van der Waals surface area contributed by atoms with Gasteiger partial charge in [0.05, 0.1) is 6.61 Å². The number of hydrogen-bond donors (Lipinski definition) is 1. The second-order valence-corrected chi connectivity index (χ2v) is 3.55. The highest BCUT2D eigenvalue weighted by Gasteiger charge is 2.07. The Labute approximate surface area is 93.4 Å². The van der Waals surface area contributed by atoms with Crippen molar-refractivity contribution in [2.75, 3.05) is 6.61 Å². The normalized spacial score (nSPS) is 17.1. The zero-order chi connectivity index (χ0) is 10.7. The van der Waals surface area contributed by atoms with Crippen LogP contribution >= 0.6 is 11.6 Å². The molecule has 0 spiro atoms. The number of rotatable bonds is 1. The van der Waals surface area contributed by atoms with E-state index in [1.807, 2.05) is 30.4 Å². The van der Waals surface area contributed by atoms with Crippen LogP contribution in [0.5, 0.6) is 5.75 Å². The zero-order valence-electron chi connectivity index (χ0n) is 8.11. The van der Waals surface area contributed by atoms with Gasteiger partial charge in [-0.3, -0.25) is 0 Å². The number of halogens is 1. The molecule has 0 aromatic heterocycles. The standard InChI is InChI=1S/C12H11ClO2/c13-6-10-1-3-11-5-9(7-14)2-4-12(11)15-8-10/h1-6,14H,7-8H2/b10-6+. The fourth-order valence-corrected chi connectivity index (χ4v) is 1.57. The fourth-order valence-electron chi connectivity index (χ4n) is 1.43. The first kappa shape index (κ1) is 10.3. The first-order valence-electron chi connectivity index (χ1n) is 4.67. The number of benzene rings is 1.